The van der Waals surface area contributed by atoms with E-state index in [2.05, 4.69) is 17.0 Å². The summed E-state index contributed by atoms with van der Waals surface area (Å²) in [7, 11) is 0. The van der Waals surface area contributed by atoms with Gasteiger partial charge in [0.15, 0.2) is 0 Å². The molecule has 98 valence electrons. The molecule has 0 aliphatic carbocycles. The van der Waals surface area contributed by atoms with Crippen LogP contribution in [0.2, 0.25) is 0 Å². The highest BCUT2D eigenvalue weighted by atomic mass is 16.2. The van der Waals surface area contributed by atoms with Crippen LogP contribution in [0.5, 0.6) is 0 Å². The molecule has 4 heteroatoms. The summed E-state index contributed by atoms with van der Waals surface area (Å²) >= 11 is 0. The van der Waals surface area contributed by atoms with Crippen LogP contribution in [0, 0.1) is 0 Å². The van der Waals surface area contributed by atoms with Gasteiger partial charge in [-0.05, 0) is 17.7 Å². The SMILES string of the molecule is CCC(=O)N1CCN(Cc2ccc(N)cc2)CC1. The Morgan fingerprint density at radius 3 is 2.33 bits per heavy atom. The molecule has 0 aromatic heterocycles. The largest absolute Gasteiger partial charge is 0.399 e. The van der Waals surface area contributed by atoms with Crippen LogP contribution < -0.4 is 5.73 Å². The fraction of sp³-hybridized carbons (Fsp3) is 0.500. The van der Waals surface area contributed by atoms with Crippen molar-refractivity contribution in [1.82, 2.24) is 9.80 Å². The van der Waals surface area contributed by atoms with Gasteiger partial charge in [0.2, 0.25) is 5.91 Å². The van der Waals surface area contributed by atoms with E-state index in [9.17, 15) is 4.79 Å². The molecular formula is C14H21N3O. The summed E-state index contributed by atoms with van der Waals surface area (Å²) in [4.78, 5) is 15.9. The summed E-state index contributed by atoms with van der Waals surface area (Å²) in [6.45, 7) is 6.47. The van der Waals surface area contributed by atoms with E-state index >= 15 is 0 Å². The van der Waals surface area contributed by atoms with Gasteiger partial charge < -0.3 is 10.6 Å². The standard InChI is InChI=1S/C14H21N3O/c1-2-14(18)17-9-7-16(8-10-17)11-12-3-5-13(15)6-4-12/h3-6H,2,7-11,15H2,1H3. The lowest BCUT2D eigenvalue weighted by atomic mass is 10.2. The third-order valence-corrected chi connectivity index (χ3v) is 3.41. The van der Waals surface area contributed by atoms with Crippen LogP contribution in [0.15, 0.2) is 24.3 Å². The molecule has 0 spiro atoms. The van der Waals surface area contributed by atoms with Gasteiger partial charge in [-0.3, -0.25) is 9.69 Å². The average molecular weight is 247 g/mol. The molecule has 0 radical (unpaired) electrons. The molecule has 1 aromatic carbocycles. The zero-order chi connectivity index (χ0) is 13.0. The van der Waals surface area contributed by atoms with Gasteiger partial charge in [-0.2, -0.15) is 0 Å². The van der Waals surface area contributed by atoms with Gasteiger partial charge in [-0.15, -0.1) is 0 Å². The van der Waals surface area contributed by atoms with Gasteiger partial charge in [-0.25, -0.2) is 0 Å². The maximum absolute atomic E-state index is 11.6. The maximum atomic E-state index is 11.6. The summed E-state index contributed by atoms with van der Waals surface area (Å²) in [5.74, 6) is 0.266. The number of hydrogen-bond donors (Lipinski definition) is 1. The van der Waals surface area contributed by atoms with Crippen molar-refractivity contribution in [3.8, 4) is 0 Å². The lowest BCUT2D eigenvalue weighted by Gasteiger charge is -2.34. The summed E-state index contributed by atoms with van der Waals surface area (Å²) in [6.07, 6.45) is 0.609. The minimum Gasteiger partial charge on any atom is -0.399 e. The molecule has 2 rings (SSSR count). The summed E-state index contributed by atoms with van der Waals surface area (Å²) in [5.41, 5.74) is 7.75. The number of carbonyl (C=O) groups excluding carboxylic acids is 1. The third-order valence-electron chi connectivity index (χ3n) is 3.41. The Morgan fingerprint density at radius 2 is 1.78 bits per heavy atom. The molecule has 0 saturated carbocycles. The zero-order valence-electron chi connectivity index (χ0n) is 10.9. The first-order chi connectivity index (χ1) is 8.69. The van der Waals surface area contributed by atoms with Gasteiger partial charge in [0, 0.05) is 44.8 Å². The van der Waals surface area contributed by atoms with Gasteiger partial charge in [0.05, 0.1) is 0 Å². The Morgan fingerprint density at radius 1 is 1.17 bits per heavy atom. The number of rotatable bonds is 3. The zero-order valence-corrected chi connectivity index (χ0v) is 10.9. The minimum atomic E-state index is 0.266. The van der Waals surface area contributed by atoms with Crippen molar-refractivity contribution in [3.63, 3.8) is 0 Å². The second-order valence-electron chi connectivity index (χ2n) is 4.75. The van der Waals surface area contributed by atoms with Crippen LogP contribution in [0.25, 0.3) is 0 Å². The predicted molar refractivity (Wildman–Crippen MR) is 73.0 cm³/mol. The average Bonchev–Trinajstić information content (AvgIpc) is 2.41. The first kappa shape index (κ1) is 12.9. The molecule has 4 nitrogen and oxygen atoms in total. The van der Waals surface area contributed by atoms with Crippen molar-refractivity contribution >= 4 is 11.6 Å². The van der Waals surface area contributed by atoms with Gasteiger partial charge in [-0.1, -0.05) is 19.1 Å². The topological polar surface area (TPSA) is 49.6 Å². The van der Waals surface area contributed by atoms with Crippen molar-refractivity contribution in [3.05, 3.63) is 29.8 Å². The van der Waals surface area contributed by atoms with E-state index in [1.807, 2.05) is 24.0 Å². The lowest BCUT2D eigenvalue weighted by Crippen LogP contribution is -2.48. The van der Waals surface area contributed by atoms with E-state index < -0.39 is 0 Å². The van der Waals surface area contributed by atoms with Crippen molar-refractivity contribution < 1.29 is 4.79 Å². The van der Waals surface area contributed by atoms with Crippen molar-refractivity contribution in [2.24, 2.45) is 0 Å². The molecule has 18 heavy (non-hydrogen) atoms. The van der Waals surface area contributed by atoms with Gasteiger partial charge >= 0.3 is 0 Å². The van der Waals surface area contributed by atoms with Crippen molar-refractivity contribution in [1.29, 1.82) is 0 Å². The highest BCUT2D eigenvalue weighted by molar-refractivity contribution is 5.75. The molecule has 1 fully saturated rings. The Bertz CT molecular complexity index is 394. The number of benzene rings is 1. The van der Waals surface area contributed by atoms with E-state index in [0.29, 0.717) is 6.42 Å². The Kier molecular flexibility index (Phi) is 4.20. The molecule has 1 aliphatic rings. The number of hydrogen-bond acceptors (Lipinski definition) is 3. The Labute approximate surface area is 108 Å². The monoisotopic (exact) mass is 247 g/mol. The highest BCUT2D eigenvalue weighted by Gasteiger charge is 2.19. The normalized spacial score (nSPS) is 16.8. The van der Waals surface area contributed by atoms with Crippen LogP contribution in [-0.4, -0.2) is 41.9 Å². The van der Waals surface area contributed by atoms with Crippen LogP contribution in [-0.2, 0) is 11.3 Å². The second-order valence-corrected chi connectivity index (χ2v) is 4.75. The van der Waals surface area contributed by atoms with Crippen molar-refractivity contribution in [2.45, 2.75) is 19.9 Å². The summed E-state index contributed by atoms with van der Waals surface area (Å²) < 4.78 is 0. The summed E-state index contributed by atoms with van der Waals surface area (Å²) in [6, 6.07) is 8.01. The number of nitrogens with two attached hydrogens (primary N) is 1. The molecule has 1 aliphatic heterocycles. The van der Waals surface area contributed by atoms with E-state index in [1.54, 1.807) is 0 Å². The predicted octanol–water partition coefficient (Wildman–Crippen LogP) is 1.32. The maximum Gasteiger partial charge on any atom is 0.222 e. The quantitative estimate of drug-likeness (QED) is 0.820. The van der Waals surface area contributed by atoms with Crippen LogP contribution in [0.4, 0.5) is 5.69 Å². The Balaban J connectivity index is 1.83. The van der Waals surface area contributed by atoms with Crippen LogP contribution in [0.1, 0.15) is 18.9 Å². The number of piperazine rings is 1. The molecule has 0 atom stereocenters. The number of nitrogens with zero attached hydrogens (tertiary/aromatic N) is 2. The van der Waals surface area contributed by atoms with Crippen molar-refractivity contribution in [2.75, 3.05) is 31.9 Å². The lowest BCUT2D eigenvalue weighted by molar-refractivity contribution is -0.132. The van der Waals surface area contributed by atoms with E-state index in [-0.39, 0.29) is 5.91 Å². The minimum absolute atomic E-state index is 0.266. The van der Waals surface area contributed by atoms with E-state index in [0.717, 1.165) is 38.4 Å². The fourth-order valence-corrected chi connectivity index (χ4v) is 2.26. The molecule has 2 N–H and O–H groups in total. The first-order valence-corrected chi connectivity index (χ1v) is 6.53. The number of amides is 1. The molecular weight excluding hydrogens is 226 g/mol. The second kappa shape index (κ2) is 5.87. The first-order valence-electron chi connectivity index (χ1n) is 6.53. The number of carbonyl (C=O) groups is 1. The molecule has 1 saturated heterocycles. The fourth-order valence-electron chi connectivity index (χ4n) is 2.26. The van der Waals surface area contributed by atoms with Crippen LogP contribution >= 0.6 is 0 Å². The Hall–Kier alpha value is -1.55. The molecule has 1 amide bonds. The van der Waals surface area contributed by atoms with E-state index in [1.165, 1.54) is 5.56 Å². The highest BCUT2D eigenvalue weighted by Crippen LogP contribution is 2.11. The summed E-state index contributed by atoms with van der Waals surface area (Å²) in [5, 5.41) is 0. The molecule has 1 heterocycles. The molecule has 0 bridgehead atoms. The van der Waals surface area contributed by atoms with Crippen LogP contribution in [0.3, 0.4) is 0 Å². The third kappa shape index (κ3) is 3.23. The molecule has 0 unspecified atom stereocenters. The smallest absolute Gasteiger partial charge is 0.222 e. The number of anilines is 1. The molecule has 1 aromatic rings. The van der Waals surface area contributed by atoms with E-state index in [4.69, 9.17) is 5.73 Å². The number of nitrogen functional groups attached to an aromatic ring is 1. The van der Waals surface area contributed by atoms with Gasteiger partial charge in [0.1, 0.15) is 0 Å². The van der Waals surface area contributed by atoms with Gasteiger partial charge in [0.25, 0.3) is 0 Å².